The Labute approximate surface area is 283 Å². The average Bonchev–Trinajstić information content (AvgIpc) is 3.46. The van der Waals surface area contributed by atoms with E-state index in [9.17, 15) is 42.3 Å². The molecule has 2 aromatic heterocycles. The Bertz CT molecular complexity index is 2060. The van der Waals surface area contributed by atoms with Crippen LogP contribution in [0.3, 0.4) is 0 Å². The first-order valence-corrected chi connectivity index (χ1v) is 17.2. The number of thiazole rings is 1. The summed E-state index contributed by atoms with van der Waals surface area (Å²) in [5.74, 6) is -3.96. The van der Waals surface area contributed by atoms with Gasteiger partial charge in [-0.2, -0.15) is 0 Å². The molecular formula is C26H26N10O10S3. The van der Waals surface area contributed by atoms with Crippen molar-refractivity contribution >= 4 is 85.4 Å². The highest BCUT2D eigenvalue weighted by molar-refractivity contribution is 8.00. The number of nitrogen functional groups attached to an aromatic ring is 1. The van der Waals surface area contributed by atoms with Crippen LogP contribution in [0.4, 0.5) is 27.2 Å². The Hall–Kier alpha value is -5.52. The number of urea groups is 1. The minimum atomic E-state index is -3.94. The number of benzene rings is 1. The second-order valence-corrected chi connectivity index (χ2v) is 13.9. The van der Waals surface area contributed by atoms with Crippen molar-refractivity contribution in [1.29, 1.82) is 0 Å². The lowest BCUT2D eigenvalue weighted by atomic mass is 10.0. The van der Waals surface area contributed by atoms with Crippen molar-refractivity contribution in [2.75, 3.05) is 28.3 Å². The number of ether oxygens (including phenoxy) is 1. The molecule has 2 aliphatic heterocycles. The number of nitrogens with two attached hydrogens (primary N) is 3. The summed E-state index contributed by atoms with van der Waals surface area (Å²) in [6, 6.07) is 0.875. The number of anilines is 4. The number of carboxylic acids is 1. The third kappa shape index (κ3) is 7.18. The van der Waals surface area contributed by atoms with Gasteiger partial charge in [-0.1, -0.05) is 0 Å². The molecule has 0 saturated carbocycles. The normalized spacial score (nSPS) is 17.8. The lowest BCUT2D eigenvalue weighted by molar-refractivity contribution is -0.151. The molecule has 49 heavy (non-hydrogen) atoms. The Morgan fingerprint density at radius 1 is 1.22 bits per heavy atom. The smallest absolute Gasteiger partial charge is 0.352 e. The molecule has 1 aromatic carbocycles. The number of fused-ring (bicyclic) bond motifs is 1. The highest BCUT2D eigenvalue weighted by Crippen LogP contribution is 2.41. The molecule has 1 saturated heterocycles. The lowest BCUT2D eigenvalue weighted by Crippen LogP contribution is -2.71. The number of primary sulfonamides is 1. The van der Waals surface area contributed by atoms with Gasteiger partial charge in [0, 0.05) is 29.3 Å². The van der Waals surface area contributed by atoms with Crippen molar-refractivity contribution in [3.05, 3.63) is 63.2 Å². The van der Waals surface area contributed by atoms with E-state index in [1.165, 1.54) is 29.6 Å². The molecule has 0 bridgehead atoms. The van der Waals surface area contributed by atoms with E-state index in [2.05, 4.69) is 25.6 Å². The Kier molecular flexibility index (Phi) is 9.62. The number of thioether (sulfide) groups is 1. The molecular weight excluding hydrogens is 709 g/mol. The van der Waals surface area contributed by atoms with Gasteiger partial charge in [-0.3, -0.25) is 34.0 Å². The number of β-lactam (4-membered cyclic amide) rings is 1. The fourth-order valence-corrected chi connectivity index (χ4v) is 7.32. The summed E-state index contributed by atoms with van der Waals surface area (Å²) in [5, 5.41) is 20.6. The fraction of sp³-hybridized carbons (Fsp3) is 0.231. The van der Waals surface area contributed by atoms with Gasteiger partial charge in [-0.05, 0) is 24.3 Å². The third-order valence-electron chi connectivity index (χ3n) is 7.05. The largest absolute Gasteiger partial charge is 0.477 e. The molecule has 20 nitrogen and oxygen atoms in total. The van der Waals surface area contributed by atoms with Crippen LogP contribution in [0.2, 0.25) is 0 Å². The van der Waals surface area contributed by atoms with Gasteiger partial charge in [0.15, 0.2) is 11.2 Å². The summed E-state index contributed by atoms with van der Waals surface area (Å²) in [6.45, 7) is 0.803. The SMILES string of the molecule is CC(=O)OCC1=C(C(=O)O)N2C(=O)[C@@H](NC(=O)C(c3csc(N)n3)N(C(N)=O)c3cnc(Nc4ccc(S(N)(=O)=O)cc4)[nH]c3=O)[C@@H]2SC1. The highest BCUT2D eigenvalue weighted by atomic mass is 32.2. The van der Waals surface area contributed by atoms with Crippen LogP contribution < -0.4 is 37.7 Å². The van der Waals surface area contributed by atoms with Gasteiger partial charge < -0.3 is 31.9 Å². The van der Waals surface area contributed by atoms with E-state index in [-0.39, 0.29) is 45.3 Å². The van der Waals surface area contributed by atoms with Crippen LogP contribution in [0.25, 0.3) is 0 Å². The predicted molar refractivity (Wildman–Crippen MR) is 174 cm³/mol. The fourth-order valence-electron chi connectivity index (χ4n) is 4.90. The Morgan fingerprint density at radius 2 is 1.92 bits per heavy atom. The molecule has 5 rings (SSSR count). The number of carbonyl (C=O) groups excluding carboxylic acids is 4. The monoisotopic (exact) mass is 734 g/mol. The van der Waals surface area contributed by atoms with E-state index in [1.54, 1.807) is 0 Å². The summed E-state index contributed by atoms with van der Waals surface area (Å²) < 4.78 is 28.0. The highest BCUT2D eigenvalue weighted by Gasteiger charge is 2.55. The van der Waals surface area contributed by atoms with Gasteiger partial charge >= 0.3 is 18.0 Å². The number of carbonyl (C=O) groups is 5. The number of nitrogens with one attached hydrogen (secondary N) is 3. The van der Waals surface area contributed by atoms with Crippen molar-refractivity contribution in [2.45, 2.75) is 29.3 Å². The zero-order valence-electron chi connectivity index (χ0n) is 25.0. The first-order chi connectivity index (χ1) is 23.1. The van der Waals surface area contributed by atoms with Crippen molar-refractivity contribution in [3.8, 4) is 0 Å². The molecule has 2 aliphatic rings. The molecule has 3 atom stereocenters. The van der Waals surface area contributed by atoms with Crippen molar-refractivity contribution in [1.82, 2.24) is 25.2 Å². The molecule has 0 spiro atoms. The number of aliphatic carboxylic acids is 1. The van der Waals surface area contributed by atoms with Crippen LogP contribution in [0, 0.1) is 0 Å². The van der Waals surface area contributed by atoms with Crippen LogP contribution in [0.15, 0.2) is 56.8 Å². The van der Waals surface area contributed by atoms with Crippen LogP contribution in [0.5, 0.6) is 0 Å². The lowest BCUT2D eigenvalue weighted by Gasteiger charge is -2.49. The van der Waals surface area contributed by atoms with Gasteiger partial charge in [0.1, 0.15) is 29.4 Å². The summed E-state index contributed by atoms with van der Waals surface area (Å²) in [4.78, 5) is 88.5. The summed E-state index contributed by atoms with van der Waals surface area (Å²) >= 11 is 2.02. The van der Waals surface area contributed by atoms with Gasteiger partial charge in [-0.15, -0.1) is 23.1 Å². The average molecular weight is 735 g/mol. The van der Waals surface area contributed by atoms with Gasteiger partial charge in [0.25, 0.3) is 11.5 Å². The standard InChI is InChI=1S/C26H26N10O10S3/c1-10(37)46-7-11-8-47-22-16(21(40)36(22)17(11)23(41)42)33-20(39)18(14-9-48-24(27)32-14)35(25(28)43)15-6-30-26(34-19(15)38)31-12-2-4-13(5-3-12)49(29,44)45/h2-6,9,16,18,22H,7-8H2,1H3,(H2,27,32)(H2,28,43)(H,33,39)(H,41,42)(H2,29,44,45)(H2,30,31,34,38)/t16-,18?,22+/m1/s1. The number of hydrogen-bond donors (Lipinski definition) is 7. The minimum absolute atomic E-state index is 0.00235. The molecule has 10 N–H and O–H groups in total. The molecule has 1 fully saturated rings. The van der Waals surface area contributed by atoms with Crippen LogP contribution in [-0.2, 0) is 33.9 Å². The number of hydrogen-bond acceptors (Lipinski definition) is 15. The molecule has 1 unspecified atom stereocenters. The van der Waals surface area contributed by atoms with E-state index >= 15 is 0 Å². The topological polar surface area (TPSA) is 316 Å². The molecule has 258 valence electrons. The van der Waals surface area contributed by atoms with Crippen LogP contribution >= 0.6 is 23.1 Å². The summed E-state index contributed by atoms with van der Waals surface area (Å²) in [7, 11) is -3.94. The molecule has 0 aliphatic carbocycles. The third-order valence-corrected chi connectivity index (χ3v) is 10.0. The van der Waals surface area contributed by atoms with E-state index in [0.717, 1.165) is 41.1 Å². The van der Waals surface area contributed by atoms with E-state index < -0.39 is 68.5 Å². The molecule has 23 heteroatoms. The molecule has 4 amide bonds. The number of nitrogens with zero attached hydrogens (tertiary/aromatic N) is 4. The first-order valence-electron chi connectivity index (χ1n) is 13.7. The number of amides is 4. The zero-order chi connectivity index (χ0) is 35.8. The maximum atomic E-state index is 13.9. The number of H-pyrrole nitrogens is 1. The molecule has 4 heterocycles. The predicted octanol–water partition coefficient (Wildman–Crippen LogP) is -0.872. The second kappa shape index (κ2) is 13.5. The number of esters is 1. The number of aromatic amines is 1. The summed E-state index contributed by atoms with van der Waals surface area (Å²) in [5.41, 5.74) is 10.0. The molecule has 3 aromatic rings. The second-order valence-electron chi connectivity index (χ2n) is 10.3. The summed E-state index contributed by atoms with van der Waals surface area (Å²) in [6.07, 6.45) is 0.947. The van der Waals surface area contributed by atoms with Crippen molar-refractivity contribution in [2.24, 2.45) is 10.9 Å². The van der Waals surface area contributed by atoms with Crippen molar-refractivity contribution < 1.29 is 42.2 Å². The van der Waals surface area contributed by atoms with E-state index in [0.29, 0.717) is 10.6 Å². The number of rotatable bonds is 11. The number of aromatic nitrogens is 3. The maximum Gasteiger partial charge on any atom is 0.352 e. The Balaban J connectivity index is 1.41. The quantitative estimate of drug-likeness (QED) is 0.0930. The zero-order valence-corrected chi connectivity index (χ0v) is 27.4. The van der Waals surface area contributed by atoms with Gasteiger partial charge in [0.05, 0.1) is 16.8 Å². The Morgan fingerprint density at radius 3 is 2.47 bits per heavy atom. The number of primary amides is 1. The number of sulfonamides is 1. The van der Waals surface area contributed by atoms with Crippen LogP contribution in [0.1, 0.15) is 18.7 Å². The van der Waals surface area contributed by atoms with Crippen LogP contribution in [-0.4, -0.2) is 86.9 Å². The molecule has 0 radical (unpaired) electrons. The first kappa shape index (κ1) is 34.8. The van der Waals surface area contributed by atoms with E-state index in [4.69, 9.17) is 21.3 Å². The number of carboxylic acid groups (broad SMARTS) is 1. The van der Waals surface area contributed by atoms with Crippen molar-refractivity contribution in [3.63, 3.8) is 0 Å². The van der Waals surface area contributed by atoms with E-state index in [1.807, 2.05) is 0 Å². The van der Waals surface area contributed by atoms with Gasteiger partial charge in [0.2, 0.25) is 21.9 Å². The van der Waals surface area contributed by atoms with Gasteiger partial charge in [-0.25, -0.2) is 33.1 Å². The maximum absolute atomic E-state index is 13.9. The minimum Gasteiger partial charge on any atom is -0.477 e.